The summed E-state index contributed by atoms with van der Waals surface area (Å²) in [5.41, 5.74) is 0.361. The van der Waals surface area contributed by atoms with E-state index >= 15 is 0 Å². The molecule has 0 saturated heterocycles. The van der Waals surface area contributed by atoms with Crippen molar-refractivity contribution in [3.05, 3.63) is 51.2 Å². The predicted octanol–water partition coefficient (Wildman–Crippen LogP) is 1.01. The molecule has 1 aromatic carbocycles. The second-order valence-electron chi connectivity index (χ2n) is 5.16. The number of aromatic nitrogens is 3. The third kappa shape index (κ3) is 2.26. The highest BCUT2D eigenvalue weighted by Gasteiger charge is 2.13. The normalized spacial score (nSPS) is 10.9. The molecule has 0 unspecified atom stereocenters. The number of benzene rings is 1. The van der Waals surface area contributed by atoms with Crippen LogP contribution in [0.5, 0.6) is 11.5 Å². The molecule has 3 rings (SSSR count). The Morgan fingerprint density at radius 2 is 1.83 bits per heavy atom. The van der Waals surface area contributed by atoms with Crippen molar-refractivity contribution < 1.29 is 9.84 Å². The van der Waals surface area contributed by atoms with Crippen LogP contribution < -0.4 is 16.0 Å². The summed E-state index contributed by atoms with van der Waals surface area (Å²) < 4.78 is 7.39. The minimum absolute atomic E-state index is 0.00466. The van der Waals surface area contributed by atoms with Crippen molar-refractivity contribution in [2.24, 2.45) is 14.1 Å². The minimum Gasteiger partial charge on any atom is -0.507 e. The van der Waals surface area contributed by atoms with Gasteiger partial charge in [-0.1, -0.05) is 0 Å². The molecule has 3 aromatic rings. The first-order valence-corrected chi connectivity index (χ1v) is 6.88. The van der Waals surface area contributed by atoms with Crippen molar-refractivity contribution in [2.45, 2.75) is 0 Å². The second-order valence-corrected chi connectivity index (χ2v) is 5.16. The molecule has 7 heteroatoms. The summed E-state index contributed by atoms with van der Waals surface area (Å²) >= 11 is 0. The molecule has 0 amide bonds. The molecule has 23 heavy (non-hydrogen) atoms. The van der Waals surface area contributed by atoms with Crippen molar-refractivity contribution >= 4 is 11.0 Å². The van der Waals surface area contributed by atoms with Crippen molar-refractivity contribution in [3.8, 4) is 22.8 Å². The van der Waals surface area contributed by atoms with E-state index in [9.17, 15) is 14.7 Å². The van der Waals surface area contributed by atoms with Gasteiger partial charge >= 0.3 is 5.69 Å². The third-order valence-electron chi connectivity index (χ3n) is 3.78. The van der Waals surface area contributed by atoms with Gasteiger partial charge in [0.15, 0.2) is 0 Å². The molecular weight excluding hydrogens is 298 g/mol. The summed E-state index contributed by atoms with van der Waals surface area (Å²) in [6.45, 7) is 0. The van der Waals surface area contributed by atoms with Crippen LogP contribution >= 0.6 is 0 Å². The Bertz CT molecular complexity index is 1030. The lowest BCUT2D eigenvalue weighted by atomic mass is 10.1. The molecule has 0 bridgehead atoms. The molecule has 0 atom stereocenters. The largest absolute Gasteiger partial charge is 0.507 e. The molecule has 1 N–H and O–H groups in total. The molecule has 0 fully saturated rings. The lowest BCUT2D eigenvalue weighted by Crippen LogP contribution is -2.37. The van der Waals surface area contributed by atoms with Crippen LogP contribution in [0.15, 0.2) is 39.9 Å². The maximum atomic E-state index is 12.1. The fourth-order valence-corrected chi connectivity index (χ4v) is 2.46. The predicted molar refractivity (Wildman–Crippen MR) is 85.9 cm³/mol. The molecule has 0 aliphatic heterocycles. The Hall–Kier alpha value is -3.09. The molecule has 0 saturated carbocycles. The van der Waals surface area contributed by atoms with E-state index in [1.165, 1.54) is 24.8 Å². The number of hydrogen-bond donors (Lipinski definition) is 1. The van der Waals surface area contributed by atoms with Crippen LogP contribution in [0.3, 0.4) is 0 Å². The van der Waals surface area contributed by atoms with Gasteiger partial charge < -0.3 is 9.84 Å². The summed E-state index contributed by atoms with van der Waals surface area (Å²) in [4.78, 5) is 28.5. The van der Waals surface area contributed by atoms with E-state index in [-0.39, 0.29) is 11.4 Å². The van der Waals surface area contributed by atoms with Gasteiger partial charge in [-0.3, -0.25) is 13.9 Å². The lowest BCUT2D eigenvalue weighted by Gasteiger charge is -2.10. The maximum Gasteiger partial charge on any atom is 0.332 e. The summed E-state index contributed by atoms with van der Waals surface area (Å²) in [7, 11) is 4.48. The van der Waals surface area contributed by atoms with Crippen LogP contribution in [0, 0.1) is 0 Å². The number of phenols is 1. The van der Waals surface area contributed by atoms with E-state index in [2.05, 4.69) is 4.98 Å². The number of pyridine rings is 1. The van der Waals surface area contributed by atoms with Gasteiger partial charge in [0, 0.05) is 25.7 Å². The smallest absolute Gasteiger partial charge is 0.332 e. The van der Waals surface area contributed by atoms with E-state index < -0.39 is 11.2 Å². The molecule has 0 spiro atoms. The Morgan fingerprint density at radius 1 is 1.09 bits per heavy atom. The number of fused-ring (bicyclic) bond motifs is 1. The van der Waals surface area contributed by atoms with Crippen molar-refractivity contribution in [3.63, 3.8) is 0 Å². The van der Waals surface area contributed by atoms with Gasteiger partial charge in [0.25, 0.3) is 5.56 Å². The molecule has 0 radical (unpaired) electrons. The van der Waals surface area contributed by atoms with Gasteiger partial charge in [-0.15, -0.1) is 0 Å². The van der Waals surface area contributed by atoms with Crippen LogP contribution in [0.2, 0.25) is 0 Å². The van der Waals surface area contributed by atoms with Gasteiger partial charge in [0.2, 0.25) is 0 Å². The Balaban J connectivity index is 2.30. The Kier molecular flexibility index (Phi) is 3.40. The molecule has 0 aliphatic rings. The first-order chi connectivity index (χ1) is 10.9. The number of hydrogen-bond acceptors (Lipinski definition) is 5. The molecule has 7 nitrogen and oxygen atoms in total. The third-order valence-corrected chi connectivity index (χ3v) is 3.78. The zero-order valence-corrected chi connectivity index (χ0v) is 12.9. The van der Waals surface area contributed by atoms with Gasteiger partial charge in [0.1, 0.15) is 17.1 Å². The van der Waals surface area contributed by atoms with E-state index in [4.69, 9.17) is 4.74 Å². The summed E-state index contributed by atoms with van der Waals surface area (Å²) in [5.74, 6) is 0.526. The zero-order valence-electron chi connectivity index (χ0n) is 12.9. The first kappa shape index (κ1) is 14.8. The van der Waals surface area contributed by atoms with Gasteiger partial charge in [-0.25, -0.2) is 9.78 Å². The maximum absolute atomic E-state index is 12.1. The number of aromatic hydroxyl groups is 1. The molecule has 0 aliphatic carbocycles. The second kappa shape index (κ2) is 5.28. The highest BCUT2D eigenvalue weighted by molar-refractivity contribution is 5.79. The van der Waals surface area contributed by atoms with E-state index in [1.807, 2.05) is 0 Å². The number of nitrogens with zero attached hydrogens (tertiary/aromatic N) is 3. The van der Waals surface area contributed by atoms with Gasteiger partial charge in [-0.05, 0) is 24.3 Å². The number of aryl methyl sites for hydroxylation is 1. The fourth-order valence-electron chi connectivity index (χ4n) is 2.46. The monoisotopic (exact) mass is 313 g/mol. The standard InChI is InChI=1S/C16H15N3O4/c1-18-14-11(15(21)19(2)16(18)22)6-7-12(17-14)10-5-4-9(23-3)8-13(10)20/h4-8,20H,1-3H3. The average Bonchev–Trinajstić information content (AvgIpc) is 2.57. The van der Waals surface area contributed by atoms with Crippen LogP contribution in [0.4, 0.5) is 0 Å². The Morgan fingerprint density at radius 3 is 2.48 bits per heavy atom. The van der Waals surface area contributed by atoms with Crippen LogP contribution in [-0.2, 0) is 14.1 Å². The van der Waals surface area contributed by atoms with Crippen molar-refractivity contribution in [1.82, 2.24) is 14.1 Å². The number of rotatable bonds is 2. The number of methoxy groups -OCH3 is 1. The van der Waals surface area contributed by atoms with Crippen LogP contribution in [0.25, 0.3) is 22.3 Å². The van der Waals surface area contributed by atoms with Gasteiger partial charge in [-0.2, -0.15) is 0 Å². The van der Waals surface area contributed by atoms with Crippen LogP contribution in [0.1, 0.15) is 0 Å². The number of phenolic OH excluding ortho intramolecular Hbond substituents is 1. The van der Waals surface area contributed by atoms with Crippen molar-refractivity contribution in [2.75, 3.05) is 7.11 Å². The fraction of sp³-hybridized carbons (Fsp3) is 0.188. The van der Waals surface area contributed by atoms with Crippen LogP contribution in [-0.4, -0.2) is 26.3 Å². The van der Waals surface area contributed by atoms with E-state index in [1.54, 1.807) is 31.3 Å². The summed E-state index contributed by atoms with van der Waals surface area (Å²) in [6.07, 6.45) is 0. The Labute approximate surface area is 131 Å². The minimum atomic E-state index is -0.453. The quantitative estimate of drug-likeness (QED) is 0.763. The molecule has 2 aromatic heterocycles. The zero-order chi connectivity index (χ0) is 16.7. The topological polar surface area (TPSA) is 86.4 Å². The molecular formula is C16H15N3O4. The number of ether oxygens (including phenoxy) is 1. The SMILES string of the molecule is COc1ccc(-c2ccc3c(=O)n(C)c(=O)n(C)c3n2)c(O)c1. The van der Waals surface area contributed by atoms with Crippen molar-refractivity contribution in [1.29, 1.82) is 0 Å². The first-order valence-electron chi connectivity index (χ1n) is 6.88. The highest BCUT2D eigenvalue weighted by Crippen LogP contribution is 2.31. The average molecular weight is 313 g/mol. The summed E-state index contributed by atoms with van der Waals surface area (Å²) in [5, 5.41) is 10.5. The highest BCUT2D eigenvalue weighted by atomic mass is 16.5. The summed E-state index contributed by atoms with van der Waals surface area (Å²) in [6, 6.07) is 8.08. The molecule has 118 valence electrons. The lowest BCUT2D eigenvalue weighted by molar-refractivity contribution is 0.408. The van der Waals surface area contributed by atoms with Gasteiger partial charge in [0.05, 0.1) is 18.2 Å². The molecule has 2 heterocycles. The van der Waals surface area contributed by atoms with E-state index in [0.717, 1.165) is 4.57 Å². The van der Waals surface area contributed by atoms with E-state index in [0.29, 0.717) is 22.4 Å².